The zero-order valence-electron chi connectivity index (χ0n) is 12.3. The van der Waals surface area contributed by atoms with Crippen LogP contribution in [0.4, 0.5) is 5.69 Å². The SMILES string of the molecule is COc1cc(C(=O)O)cc(NC(=O)CCCSC)c1OC. The summed E-state index contributed by atoms with van der Waals surface area (Å²) in [6, 6.07) is 2.71. The largest absolute Gasteiger partial charge is 0.493 e. The number of thioether (sulfide) groups is 1. The molecule has 0 unspecified atom stereocenters. The van der Waals surface area contributed by atoms with Gasteiger partial charge in [0.05, 0.1) is 25.5 Å². The fraction of sp³-hybridized carbons (Fsp3) is 0.429. The second-order valence-corrected chi connectivity index (χ2v) is 5.19. The van der Waals surface area contributed by atoms with Gasteiger partial charge in [-0.2, -0.15) is 11.8 Å². The van der Waals surface area contributed by atoms with E-state index in [1.807, 2.05) is 6.26 Å². The number of carbonyl (C=O) groups excluding carboxylic acids is 1. The number of aromatic carboxylic acids is 1. The van der Waals surface area contributed by atoms with Gasteiger partial charge in [-0.15, -0.1) is 0 Å². The molecule has 0 aliphatic heterocycles. The van der Waals surface area contributed by atoms with Crippen molar-refractivity contribution in [1.29, 1.82) is 0 Å². The third-order valence-corrected chi connectivity index (χ3v) is 3.45. The predicted octanol–water partition coefficient (Wildman–Crippen LogP) is 2.48. The number of carboxylic acids is 1. The highest BCUT2D eigenvalue weighted by Crippen LogP contribution is 2.36. The first-order chi connectivity index (χ1) is 10.0. The van der Waals surface area contributed by atoms with Crippen molar-refractivity contribution in [3.8, 4) is 11.5 Å². The number of carboxylic acid groups (broad SMARTS) is 1. The summed E-state index contributed by atoms with van der Waals surface area (Å²) >= 11 is 1.67. The fourth-order valence-corrected chi connectivity index (χ4v) is 2.20. The van der Waals surface area contributed by atoms with Crippen molar-refractivity contribution in [1.82, 2.24) is 0 Å². The van der Waals surface area contributed by atoms with Crippen molar-refractivity contribution < 1.29 is 24.2 Å². The summed E-state index contributed by atoms with van der Waals surface area (Å²) in [5.74, 6) is 0.168. The van der Waals surface area contributed by atoms with Gasteiger partial charge in [0.25, 0.3) is 0 Å². The molecule has 0 saturated carbocycles. The second-order valence-electron chi connectivity index (χ2n) is 4.21. The van der Waals surface area contributed by atoms with Crippen LogP contribution in [0.3, 0.4) is 0 Å². The maximum absolute atomic E-state index is 11.9. The van der Waals surface area contributed by atoms with E-state index in [-0.39, 0.29) is 17.2 Å². The Labute approximate surface area is 127 Å². The molecule has 116 valence electrons. The van der Waals surface area contributed by atoms with Crippen LogP contribution in [0.25, 0.3) is 0 Å². The van der Waals surface area contributed by atoms with Crippen LogP contribution in [0.15, 0.2) is 12.1 Å². The minimum atomic E-state index is -1.10. The van der Waals surface area contributed by atoms with Crippen LogP contribution in [-0.2, 0) is 4.79 Å². The van der Waals surface area contributed by atoms with Crippen molar-refractivity contribution in [3.05, 3.63) is 17.7 Å². The molecule has 0 spiro atoms. The molecule has 21 heavy (non-hydrogen) atoms. The Morgan fingerprint density at radius 2 is 2.00 bits per heavy atom. The monoisotopic (exact) mass is 313 g/mol. The Morgan fingerprint density at radius 3 is 2.52 bits per heavy atom. The molecule has 1 rings (SSSR count). The van der Waals surface area contributed by atoms with E-state index in [1.54, 1.807) is 11.8 Å². The van der Waals surface area contributed by atoms with Crippen LogP contribution >= 0.6 is 11.8 Å². The van der Waals surface area contributed by atoms with Gasteiger partial charge < -0.3 is 19.9 Å². The summed E-state index contributed by atoms with van der Waals surface area (Å²) in [5.41, 5.74) is 0.315. The van der Waals surface area contributed by atoms with Gasteiger partial charge in [-0.25, -0.2) is 4.79 Å². The molecule has 0 aliphatic carbocycles. The van der Waals surface area contributed by atoms with Gasteiger partial charge in [0.1, 0.15) is 0 Å². The molecule has 0 saturated heterocycles. The van der Waals surface area contributed by atoms with E-state index in [0.717, 1.165) is 12.2 Å². The van der Waals surface area contributed by atoms with Crippen LogP contribution in [0.1, 0.15) is 23.2 Å². The number of rotatable bonds is 8. The Bertz CT molecular complexity index is 518. The fourth-order valence-electron chi connectivity index (χ4n) is 1.77. The van der Waals surface area contributed by atoms with Crippen LogP contribution in [0, 0.1) is 0 Å². The number of hydrogen-bond donors (Lipinski definition) is 2. The maximum atomic E-state index is 11.9. The number of carbonyl (C=O) groups is 2. The van der Waals surface area contributed by atoms with Crippen molar-refractivity contribution in [2.45, 2.75) is 12.8 Å². The number of benzene rings is 1. The lowest BCUT2D eigenvalue weighted by atomic mass is 10.1. The predicted molar refractivity (Wildman–Crippen MR) is 82.8 cm³/mol. The quantitative estimate of drug-likeness (QED) is 0.717. The molecule has 0 fully saturated rings. The molecule has 0 heterocycles. The van der Waals surface area contributed by atoms with E-state index in [9.17, 15) is 9.59 Å². The standard InChI is InChI=1S/C14H19NO5S/c1-19-11-8-9(14(17)18)7-10(13(11)20-2)15-12(16)5-4-6-21-3/h7-8H,4-6H2,1-3H3,(H,15,16)(H,17,18). The van der Waals surface area contributed by atoms with Gasteiger partial charge >= 0.3 is 5.97 Å². The molecule has 0 bridgehead atoms. The van der Waals surface area contributed by atoms with Gasteiger partial charge in [-0.05, 0) is 30.6 Å². The van der Waals surface area contributed by atoms with Crippen LogP contribution < -0.4 is 14.8 Å². The molecule has 0 atom stereocenters. The third-order valence-electron chi connectivity index (χ3n) is 2.75. The Kier molecular flexibility index (Phi) is 6.87. The van der Waals surface area contributed by atoms with Gasteiger partial charge in [-0.3, -0.25) is 4.79 Å². The molecule has 0 radical (unpaired) electrons. The summed E-state index contributed by atoms with van der Waals surface area (Å²) in [7, 11) is 2.84. The van der Waals surface area contributed by atoms with Crippen molar-refractivity contribution in [3.63, 3.8) is 0 Å². The highest BCUT2D eigenvalue weighted by Gasteiger charge is 2.17. The van der Waals surface area contributed by atoms with E-state index >= 15 is 0 Å². The number of amides is 1. The molecular weight excluding hydrogens is 294 g/mol. The summed E-state index contributed by atoms with van der Waals surface area (Å²) < 4.78 is 10.3. The van der Waals surface area contributed by atoms with Crippen LogP contribution in [0.2, 0.25) is 0 Å². The number of methoxy groups -OCH3 is 2. The lowest BCUT2D eigenvalue weighted by Gasteiger charge is -2.14. The topological polar surface area (TPSA) is 84.9 Å². The van der Waals surface area contributed by atoms with E-state index < -0.39 is 5.97 Å². The van der Waals surface area contributed by atoms with Gasteiger partial charge in [0.2, 0.25) is 5.91 Å². The van der Waals surface area contributed by atoms with E-state index in [0.29, 0.717) is 17.9 Å². The smallest absolute Gasteiger partial charge is 0.335 e. The Morgan fingerprint density at radius 1 is 1.29 bits per heavy atom. The van der Waals surface area contributed by atoms with E-state index in [2.05, 4.69) is 5.32 Å². The lowest BCUT2D eigenvalue weighted by Crippen LogP contribution is -2.13. The molecule has 1 amide bonds. The van der Waals surface area contributed by atoms with Gasteiger partial charge in [0.15, 0.2) is 11.5 Å². The number of hydrogen-bond acceptors (Lipinski definition) is 5. The first-order valence-corrected chi connectivity index (χ1v) is 7.71. The second kappa shape index (κ2) is 8.41. The van der Waals surface area contributed by atoms with Crippen LogP contribution in [-0.4, -0.2) is 43.2 Å². The number of anilines is 1. The first-order valence-electron chi connectivity index (χ1n) is 6.31. The van der Waals surface area contributed by atoms with E-state index in [4.69, 9.17) is 14.6 Å². The summed E-state index contributed by atoms with van der Waals surface area (Å²) in [4.78, 5) is 23.0. The molecule has 2 N–H and O–H groups in total. The van der Waals surface area contributed by atoms with E-state index in [1.165, 1.54) is 26.4 Å². The van der Waals surface area contributed by atoms with Crippen molar-refractivity contribution >= 4 is 29.3 Å². The summed E-state index contributed by atoms with van der Waals surface area (Å²) in [6.07, 6.45) is 3.09. The molecule has 7 heteroatoms. The molecular formula is C14H19NO5S. The normalized spacial score (nSPS) is 10.0. The average molecular weight is 313 g/mol. The zero-order chi connectivity index (χ0) is 15.8. The lowest BCUT2D eigenvalue weighted by molar-refractivity contribution is -0.116. The highest BCUT2D eigenvalue weighted by molar-refractivity contribution is 7.98. The summed E-state index contributed by atoms with van der Waals surface area (Å²) in [6.45, 7) is 0. The minimum absolute atomic E-state index is 0.0204. The minimum Gasteiger partial charge on any atom is -0.493 e. The average Bonchev–Trinajstić information content (AvgIpc) is 2.46. The zero-order valence-corrected chi connectivity index (χ0v) is 13.1. The maximum Gasteiger partial charge on any atom is 0.335 e. The van der Waals surface area contributed by atoms with Crippen molar-refractivity contribution in [2.75, 3.05) is 31.5 Å². The third kappa shape index (κ3) is 4.86. The molecule has 6 nitrogen and oxygen atoms in total. The molecule has 1 aromatic carbocycles. The van der Waals surface area contributed by atoms with Gasteiger partial charge in [0, 0.05) is 6.42 Å². The summed E-state index contributed by atoms with van der Waals surface area (Å²) in [5, 5.41) is 11.8. The molecule has 1 aromatic rings. The number of ether oxygens (including phenoxy) is 2. The van der Waals surface area contributed by atoms with Gasteiger partial charge in [-0.1, -0.05) is 0 Å². The van der Waals surface area contributed by atoms with Crippen LogP contribution in [0.5, 0.6) is 11.5 Å². The molecule has 0 aromatic heterocycles. The molecule has 0 aliphatic rings. The highest BCUT2D eigenvalue weighted by atomic mass is 32.2. The number of nitrogens with one attached hydrogen (secondary N) is 1. The Hall–Kier alpha value is -1.89. The van der Waals surface area contributed by atoms with Crippen molar-refractivity contribution in [2.24, 2.45) is 0 Å². The first kappa shape index (κ1) is 17.2. The Balaban J connectivity index is 3.00.